The molecule has 1 aromatic carbocycles. The van der Waals surface area contributed by atoms with Gasteiger partial charge in [-0.05, 0) is 20.8 Å². The fourth-order valence-electron chi connectivity index (χ4n) is 2.16. The molecule has 0 bridgehead atoms. The molecule has 1 amide bonds. The number of thiocarbonyl (C=S) groups is 1. The van der Waals surface area contributed by atoms with Gasteiger partial charge in [0.25, 0.3) is 0 Å². The quantitative estimate of drug-likeness (QED) is 0.622. The third-order valence-corrected chi connectivity index (χ3v) is 5.86. The Bertz CT molecular complexity index is 568. The number of alkyl carbamates (subject to hydrolysis) is 1. The lowest BCUT2D eigenvalue weighted by Crippen LogP contribution is -2.45. The summed E-state index contributed by atoms with van der Waals surface area (Å²) in [5, 5.41) is 5.15. The molecule has 1 heterocycles. The minimum absolute atomic E-state index is 0.247. The van der Waals surface area contributed by atoms with Crippen molar-refractivity contribution in [2.45, 2.75) is 31.7 Å². The van der Waals surface area contributed by atoms with Crippen molar-refractivity contribution in [2.75, 3.05) is 13.3 Å². The van der Waals surface area contributed by atoms with E-state index >= 15 is 0 Å². The molecule has 1 aromatic rings. The van der Waals surface area contributed by atoms with Crippen LogP contribution >= 0.6 is 12.2 Å². The second kappa shape index (κ2) is 7.48. The fraction of sp³-hybridized carbons (Fsp3) is 0.467. The first kappa shape index (κ1) is 18.0. The van der Waals surface area contributed by atoms with Crippen molar-refractivity contribution in [2.24, 2.45) is 0 Å². The summed E-state index contributed by atoms with van der Waals surface area (Å²) >= 11 is 3.85. The van der Waals surface area contributed by atoms with Crippen molar-refractivity contribution >= 4 is 34.7 Å². The summed E-state index contributed by atoms with van der Waals surface area (Å²) in [6.45, 7) is 6.20. The fourth-order valence-corrected chi connectivity index (χ4v) is 3.94. The number of hydrogen-bond donors (Lipinski definition) is 2. The van der Waals surface area contributed by atoms with Crippen LogP contribution in [0, 0.1) is 0 Å². The van der Waals surface area contributed by atoms with Gasteiger partial charge in [0.15, 0.2) is 0 Å². The predicted molar refractivity (Wildman–Crippen MR) is 94.0 cm³/mol. The van der Waals surface area contributed by atoms with Crippen LogP contribution in [0.2, 0.25) is 0 Å². The lowest BCUT2D eigenvalue weighted by molar-refractivity contribution is 0.150. The summed E-state index contributed by atoms with van der Waals surface area (Å²) in [6.07, 6.45) is -0.605. The molecule has 1 saturated heterocycles. The van der Waals surface area contributed by atoms with Crippen molar-refractivity contribution in [1.29, 1.82) is 0 Å². The molecule has 0 aromatic heterocycles. The van der Waals surface area contributed by atoms with Crippen LogP contribution in [0.25, 0.3) is 0 Å². The summed E-state index contributed by atoms with van der Waals surface area (Å²) in [5.41, 5.74) is 0.322. The molecule has 0 spiro atoms. The Morgan fingerprint density at radius 1 is 1.52 bits per heavy atom. The number of nitrogens with zero attached hydrogens (tertiary/aromatic N) is 1. The van der Waals surface area contributed by atoms with E-state index in [0.29, 0.717) is 11.7 Å². The molecule has 1 fully saturated rings. The van der Waals surface area contributed by atoms with Gasteiger partial charge < -0.3 is 9.29 Å². The van der Waals surface area contributed by atoms with E-state index in [1.165, 1.54) is 0 Å². The van der Waals surface area contributed by atoms with Gasteiger partial charge in [0.05, 0.1) is 23.5 Å². The van der Waals surface area contributed by atoms with E-state index in [1.807, 2.05) is 44.2 Å². The SMILES string of the molecule is CCOC(=O)NC(c1ccccc1)[S+]([O-])N1CNC(C)(C)C1=S. The topological polar surface area (TPSA) is 76.7 Å². The van der Waals surface area contributed by atoms with Gasteiger partial charge in [-0.1, -0.05) is 42.5 Å². The zero-order chi connectivity index (χ0) is 17.0. The number of amides is 1. The molecule has 2 unspecified atom stereocenters. The van der Waals surface area contributed by atoms with Gasteiger partial charge in [-0.25, -0.2) is 4.79 Å². The molecule has 6 nitrogen and oxygen atoms in total. The highest BCUT2D eigenvalue weighted by atomic mass is 32.2. The largest absolute Gasteiger partial charge is 0.591 e. The molecule has 23 heavy (non-hydrogen) atoms. The zero-order valence-electron chi connectivity index (χ0n) is 13.4. The molecule has 8 heteroatoms. The third-order valence-electron chi connectivity index (χ3n) is 3.47. The Morgan fingerprint density at radius 2 is 2.17 bits per heavy atom. The summed E-state index contributed by atoms with van der Waals surface area (Å²) in [7, 11) is 0. The standard InChI is InChI=1S/C15H21N3O3S2/c1-4-21-14(19)17-12(11-8-6-5-7-9-11)23(20)18-10-16-15(2,3)13(18)22/h5-9,12,16H,4,10H2,1-3H3,(H,17,19). The Kier molecular flexibility index (Phi) is 5.85. The number of carbonyl (C=O) groups is 1. The van der Waals surface area contributed by atoms with Crippen LogP contribution in [0.3, 0.4) is 0 Å². The highest BCUT2D eigenvalue weighted by Crippen LogP contribution is 2.28. The normalized spacial score (nSPS) is 19.3. The highest BCUT2D eigenvalue weighted by molar-refractivity contribution is 7.91. The van der Waals surface area contributed by atoms with Crippen LogP contribution in [-0.2, 0) is 16.1 Å². The van der Waals surface area contributed by atoms with Gasteiger partial charge in [0.2, 0.25) is 5.37 Å². The number of hydrogen-bond acceptors (Lipinski definition) is 5. The number of nitrogens with one attached hydrogen (secondary N) is 2. The van der Waals surface area contributed by atoms with Gasteiger partial charge in [-0.2, -0.15) is 4.31 Å². The molecular formula is C15H21N3O3S2. The lowest BCUT2D eigenvalue weighted by atomic mass is 10.1. The smallest absolute Gasteiger partial charge is 0.411 e. The maximum Gasteiger partial charge on any atom is 0.411 e. The van der Waals surface area contributed by atoms with Crippen LogP contribution in [0.5, 0.6) is 0 Å². The first-order chi connectivity index (χ1) is 10.9. The van der Waals surface area contributed by atoms with Crippen LogP contribution in [0.1, 0.15) is 31.7 Å². The summed E-state index contributed by atoms with van der Waals surface area (Å²) in [4.78, 5) is 12.4. The van der Waals surface area contributed by atoms with Crippen LogP contribution in [-0.4, -0.2) is 38.8 Å². The molecule has 1 aliphatic rings. The number of benzene rings is 1. The van der Waals surface area contributed by atoms with E-state index in [9.17, 15) is 9.35 Å². The third kappa shape index (κ3) is 4.14. The Hall–Kier alpha value is -1.35. The van der Waals surface area contributed by atoms with Gasteiger partial charge in [-0.3, -0.25) is 10.6 Å². The average Bonchev–Trinajstić information content (AvgIpc) is 2.79. The molecule has 0 saturated carbocycles. The highest BCUT2D eigenvalue weighted by Gasteiger charge is 2.44. The summed E-state index contributed by atoms with van der Waals surface area (Å²) in [5.74, 6) is 0. The van der Waals surface area contributed by atoms with E-state index < -0.39 is 28.4 Å². The molecule has 1 aliphatic heterocycles. The maximum atomic E-state index is 13.0. The molecule has 0 radical (unpaired) electrons. The number of rotatable bonds is 5. The van der Waals surface area contributed by atoms with Crippen molar-refractivity contribution < 1.29 is 14.1 Å². The number of carbonyl (C=O) groups excluding carboxylic acids is 1. The molecule has 2 atom stereocenters. The summed E-state index contributed by atoms with van der Waals surface area (Å²) in [6, 6.07) is 9.14. The van der Waals surface area contributed by atoms with E-state index in [-0.39, 0.29) is 6.61 Å². The Morgan fingerprint density at radius 3 is 2.70 bits per heavy atom. The average molecular weight is 355 g/mol. The van der Waals surface area contributed by atoms with Crippen molar-refractivity contribution in [1.82, 2.24) is 14.9 Å². The Balaban J connectivity index is 2.23. The molecule has 0 aliphatic carbocycles. The zero-order valence-corrected chi connectivity index (χ0v) is 15.0. The predicted octanol–water partition coefficient (Wildman–Crippen LogP) is 2.06. The van der Waals surface area contributed by atoms with Gasteiger partial charge in [0.1, 0.15) is 11.7 Å². The molecule has 2 N–H and O–H groups in total. The lowest BCUT2D eigenvalue weighted by Gasteiger charge is -2.29. The molecule has 126 valence electrons. The van der Waals surface area contributed by atoms with Crippen molar-refractivity contribution in [3.63, 3.8) is 0 Å². The second-order valence-corrected chi connectivity index (χ2v) is 7.43. The van der Waals surface area contributed by atoms with Crippen LogP contribution in [0.4, 0.5) is 4.79 Å². The molecular weight excluding hydrogens is 334 g/mol. The monoisotopic (exact) mass is 355 g/mol. The van der Waals surface area contributed by atoms with E-state index in [0.717, 1.165) is 5.56 Å². The van der Waals surface area contributed by atoms with Gasteiger partial charge in [0, 0.05) is 5.56 Å². The number of ether oxygens (including phenoxy) is 1. The Labute approximate surface area is 144 Å². The maximum absolute atomic E-state index is 13.0. The minimum Gasteiger partial charge on any atom is -0.591 e. The molecule has 2 rings (SSSR count). The first-order valence-corrected chi connectivity index (χ1v) is 8.90. The van der Waals surface area contributed by atoms with Gasteiger partial charge in [-0.15, -0.1) is 0 Å². The second-order valence-electron chi connectivity index (χ2n) is 5.58. The summed E-state index contributed by atoms with van der Waals surface area (Å²) < 4.78 is 19.5. The minimum atomic E-state index is -1.57. The van der Waals surface area contributed by atoms with E-state index in [1.54, 1.807) is 11.2 Å². The van der Waals surface area contributed by atoms with E-state index in [4.69, 9.17) is 17.0 Å². The van der Waals surface area contributed by atoms with Gasteiger partial charge >= 0.3 is 6.09 Å². The first-order valence-electron chi connectivity index (χ1n) is 7.32. The van der Waals surface area contributed by atoms with Crippen molar-refractivity contribution in [3.8, 4) is 0 Å². The van der Waals surface area contributed by atoms with Crippen LogP contribution in [0.15, 0.2) is 30.3 Å². The van der Waals surface area contributed by atoms with Crippen molar-refractivity contribution in [3.05, 3.63) is 35.9 Å². The van der Waals surface area contributed by atoms with Crippen LogP contribution < -0.4 is 10.6 Å². The van der Waals surface area contributed by atoms with E-state index in [2.05, 4.69) is 10.6 Å².